The van der Waals surface area contributed by atoms with E-state index in [1.807, 2.05) is 0 Å². The maximum Gasteiger partial charge on any atom is 0.246 e. The van der Waals surface area contributed by atoms with Gasteiger partial charge in [-0.15, -0.1) is 10.2 Å². The molecule has 2 aromatic heterocycles. The fourth-order valence-electron chi connectivity index (χ4n) is 3.21. The molecule has 0 bridgehead atoms. The maximum absolute atomic E-state index is 14.1. The summed E-state index contributed by atoms with van der Waals surface area (Å²) in [5, 5.41) is 8.07. The second kappa shape index (κ2) is 6.06. The van der Waals surface area contributed by atoms with Gasteiger partial charge in [0.15, 0.2) is 28.9 Å². The Morgan fingerprint density at radius 2 is 1.85 bits per heavy atom. The number of benzene rings is 1. The predicted octanol–water partition coefficient (Wildman–Crippen LogP) is 2.67. The van der Waals surface area contributed by atoms with E-state index in [1.54, 1.807) is 28.8 Å². The Balaban J connectivity index is 1.80. The van der Waals surface area contributed by atoms with Crippen molar-refractivity contribution in [1.82, 2.24) is 18.9 Å². The zero-order chi connectivity index (χ0) is 18.5. The van der Waals surface area contributed by atoms with Crippen molar-refractivity contribution in [3.05, 3.63) is 59.8 Å². The molecule has 0 amide bonds. The summed E-state index contributed by atoms with van der Waals surface area (Å²) >= 11 is 0. The Morgan fingerprint density at radius 1 is 1.04 bits per heavy atom. The van der Waals surface area contributed by atoms with Crippen LogP contribution in [0.15, 0.2) is 41.4 Å². The van der Waals surface area contributed by atoms with Crippen molar-refractivity contribution >= 4 is 15.7 Å². The van der Waals surface area contributed by atoms with E-state index in [1.165, 1.54) is 0 Å². The highest BCUT2D eigenvalue weighted by molar-refractivity contribution is 7.89. The molecular formula is C16H13F3N4O2S. The molecule has 1 unspecified atom stereocenters. The molecule has 10 heteroatoms. The third-order valence-electron chi connectivity index (χ3n) is 4.43. The normalized spacial score (nSPS) is 18.7. The van der Waals surface area contributed by atoms with Crippen LogP contribution >= 0.6 is 0 Å². The zero-order valence-electron chi connectivity index (χ0n) is 13.3. The minimum Gasteiger partial charge on any atom is -0.285 e. The summed E-state index contributed by atoms with van der Waals surface area (Å²) < 4.78 is 69.3. The molecule has 0 N–H and O–H groups in total. The molecule has 0 saturated carbocycles. The molecule has 26 heavy (non-hydrogen) atoms. The van der Waals surface area contributed by atoms with E-state index in [9.17, 15) is 21.6 Å². The van der Waals surface area contributed by atoms with Gasteiger partial charge in [0.1, 0.15) is 4.90 Å². The van der Waals surface area contributed by atoms with Crippen LogP contribution in [0.4, 0.5) is 13.2 Å². The van der Waals surface area contributed by atoms with Crippen LogP contribution in [0.3, 0.4) is 0 Å². The van der Waals surface area contributed by atoms with Crippen LogP contribution in [0, 0.1) is 17.5 Å². The fraction of sp³-hybridized carbons (Fsp3) is 0.250. The third kappa shape index (κ3) is 2.48. The first-order valence-electron chi connectivity index (χ1n) is 7.86. The van der Waals surface area contributed by atoms with E-state index in [2.05, 4.69) is 10.2 Å². The Morgan fingerprint density at radius 3 is 2.65 bits per heavy atom. The van der Waals surface area contributed by atoms with Crippen molar-refractivity contribution in [2.75, 3.05) is 6.54 Å². The molecule has 1 aliphatic rings. The number of fused-ring (bicyclic) bond motifs is 1. The maximum atomic E-state index is 14.1. The van der Waals surface area contributed by atoms with E-state index in [-0.39, 0.29) is 6.54 Å². The van der Waals surface area contributed by atoms with Gasteiger partial charge in [0.05, 0.1) is 6.04 Å². The summed E-state index contributed by atoms with van der Waals surface area (Å²) in [6.07, 6.45) is 2.68. The Bertz CT molecular complexity index is 1100. The van der Waals surface area contributed by atoms with Crippen LogP contribution in [0.1, 0.15) is 24.7 Å². The van der Waals surface area contributed by atoms with Crippen LogP contribution in [0.25, 0.3) is 5.65 Å². The largest absolute Gasteiger partial charge is 0.285 e. The lowest BCUT2D eigenvalue weighted by Gasteiger charge is -2.23. The zero-order valence-corrected chi connectivity index (χ0v) is 14.1. The van der Waals surface area contributed by atoms with Gasteiger partial charge in [-0.2, -0.15) is 4.31 Å². The van der Waals surface area contributed by atoms with Crippen LogP contribution in [-0.4, -0.2) is 33.9 Å². The third-order valence-corrected chi connectivity index (χ3v) is 6.35. The molecule has 6 nitrogen and oxygen atoms in total. The SMILES string of the molecule is O=S(=O)(c1ccc(F)c(F)c1F)N1CCCC1c1nnc2ccccn12. The number of sulfonamides is 1. The fourth-order valence-corrected chi connectivity index (χ4v) is 4.92. The summed E-state index contributed by atoms with van der Waals surface area (Å²) in [7, 11) is -4.38. The number of halogens is 3. The lowest BCUT2D eigenvalue weighted by molar-refractivity contribution is 0.374. The van der Waals surface area contributed by atoms with Crippen molar-refractivity contribution in [3.63, 3.8) is 0 Å². The Labute approximate surface area is 146 Å². The topological polar surface area (TPSA) is 67.6 Å². The number of hydrogen-bond donors (Lipinski definition) is 0. The van der Waals surface area contributed by atoms with Crippen LogP contribution in [0.2, 0.25) is 0 Å². The monoisotopic (exact) mass is 382 g/mol. The van der Waals surface area contributed by atoms with E-state index in [0.717, 1.165) is 10.4 Å². The molecule has 1 aromatic carbocycles. The quantitative estimate of drug-likeness (QED) is 0.653. The molecule has 1 fully saturated rings. The summed E-state index contributed by atoms with van der Waals surface area (Å²) in [6.45, 7) is 0.118. The lowest BCUT2D eigenvalue weighted by Crippen LogP contribution is -2.32. The Kier molecular flexibility index (Phi) is 3.96. The summed E-state index contributed by atoms with van der Waals surface area (Å²) in [5.74, 6) is -4.58. The number of aromatic nitrogens is 3. The number of rotatable bonds is 3. The molecule has 0 aliphatic carbocycles. The number of pyridine rings is 1. The van der Waals surface area contributed by atoms with Crippen molar-refractivity contribution in [3.8, 4) is 0 Å². The smallest absolute Gasteiger partial charge is 0.246 e. The summed E-state index contributed by atoms with van der Waals surface area (Å²) in [6, 6.07) is 5.91. The standard InChI is InChI=1S/C16H13F3N4O2S/c17-10-6-7-12(15(19)14(10)18)26(24,25)23-9-3-4-11(23)16-21-20-13-5-1-2-8-22(13)16/h1-2,5-8,11H,3-4,9H2. The van der Waals surface area contributed by atoms with E-state index >= 15 is 0 Å². The first kappa shape index (κ1) is 17.0. The summed E-state index contributed by atoms with van der Waals surface area (Å²) in [5.41, 5.74) is 0.547. The molecule has 0 radical (unpaired) electrons. The number of nitrogens with zero attached hydrogens (tertiary/aromatic N) is 4. The van der Waals surface area contributed by atoms with Crippen molar-refractivity contribution in [1.29, 1.82) is 0 Å². The molecule has 3 heterocycles. The molecule has 136 valence electrons. The van der Waals surface area contributed by atoms with Crippen LogP contribution in [-0.2, 0) is 10.0 Å². The van der Waals surface area contributed by atoms with Gasteiger partial charge in [0.25, 0.3) is 0 Å². The van der Waals surface area contributed by atoms with E-state index in [0.29, 0.717) is 30.4 Å². The molecular weight excluding hydrogens is 369 g/mol. The van der Waals surface area contributed by atoms with E-state index < -0.39 is 38.4 Å². The minimum atomic E-state index is -4.38. The van der Waals surface area contributed by atoms with Crippen molar-refractivity contribution in [2.24, 2.45) is 0 Å². The first-order valence-corrected chi connectivity index (χ1v) is 9.30. The number of hydrogen-bond acceptors (Lipinski definition) is 4. The Hall–Kier alpha value is -2.46. The molecule has 3 aromatic rings. The summed E-state index contributed by atoms with van der Waals surface area (Å²) in [4.78, 5) is -0.892. The van der Waals surface area contributed by atoms with Gasteiger partial charge >= 0.3 is 0 Å². The van der Waals surface area contributed by atoms with Gasteiger partial charge in [-0.25, -0.2) is 21.6 Å². The lowest BCUT2D eigenvalue weighted by atomic mass is 10.2. The predicted molar refractivity (Wildman–Crippen MR) is 85.2 cm³/mol. The minimum absolute atomic E-state index is 0.118. The van der Waals surface area contributed by atoms with Crippen LogP contribution in [0.5, 0.6) is 0 Å². The average Bonchev–Trinajstić information content (AvgIpc) is 3.26. The van der Waals surface area contributed by atoms with Gasteiger partial charge in [-0.1, -0.05) is 6.07 Å². The highest BCUT2D eigenvalue weighted by Gasteiger charge is 2.40. The second-order valence-electron chi connectivity index (χ2n) is 5.93. The second-order valence-corrected chi connectivity index (χ2v) is 7.79. The van der Waals surface area contributed by atoms with E-state index in [4.69, 9.17) is 0 Å². The highest BCUT2D eigenvalue weighted by Crippen LogP contribution is 2.36. The van der Waals surface area contributed by atoms with Gasteiger partial charge in [-0.05, 0) is 37.1 Å². The molecule has 1 aliphatic heterocycles. The molecule has 0 spiro atoms. The average molecular weight is 382 g/mol. The van der Waals surface area contributed by atoms with Crippen molar-refractivity contribution in [2.45, 2.75) is 23.8 Å². The van der Waals surface area contributed by atoms with Crippen LogP contribution < -0.4 is 0 Å². The highest BCUT2D eigenvalue weighted by atomic mass is 32.2. The van der Waals surface area contributed by atoms with Gasteiger partial charge < -0.3 is 0 Å². The molecule has 1 atom stereocenters. The van der Waals surface area contributed by atoms with Crippen molar-refractivity contribution < 1.29 is 21.6 Å². The molecule has 4 rings (SSSR count). The molecule has 1 saturated heterocycles. The van der Waals surface area contributed by atoms with Gasteiger partial charge in [-0.3, -0.25) is 4.40 Å². The first-order chi connectivity index (χ1) is 12.4. The van der Waals surface area contributed by atoms with Gasteiger partial charge in [0.2, 0.25) is 10.0 Å². The van der Waals surface area contributed by atoms with Gasteiger partial charge in [0, 0.05) is 12.7 Å².